The number of rotatable bonds is 8. The summed E-state index contributed by atoms with van der Waals surface area (Å²) in [7, 11) is 3.49. The van der Waals surface area contributed by atoms with Crippen LogP contribution in [0.4, 0.5) is 0 Å². The maximum Gasteiger partial charge on any atom is 0.343 e. The van der Waals surface area contributed by atoms with E-state index in [1.807, 2.05) is 6.07 Å². The van der Waals surface area contributed by atoms with Gasteiger partial charge in [0.1, 0.15) is 12.0 Å². The van der Waals surface area contributed by atoms with Gasteiger partial charge in [-0.3, -0.25) is 0 Å². The minimum Gasteiger partial charge on any atom is -0.478 e. The summed E-state index contributed by atoms with van der Waals surface area (Å²) in [4.78, 5) is 22.0. The Balaban J connectivity index is 2.38. The van der Waals surface area contributed by atoms with Crippen molar-refractivity contribution in [2.75, 3.05) is 20.3 Å². The van der Waals surface area contributed by atoms with Gasteiger partial charge in [0.15, 0.2) is 17.9 Å². The van der Waals surface area contributed by atoms with Crippen molar-refractivity contribution >= 4 is 32.7 Å². The van der Waals surface area contributed by atoms with Gasteiger partial charge in [-0.05, 0) is 6.07 Å². The predicted molar refractivity (Wildman–Crippen MR) is 82.9 cm³/mol. The molecule has 1 atom stereocenters. The van der Waals surface area contributed by atoms with Crippen LogP contribution in [-0.2, 0) is 31.7 Å². The van der Waals surface area contributed by atoms with Gasteiger partial charge in [-0.25, -0.2) is 4.79 Å². The first-order valence-corrected chi connectivity index (χ1v) is 7.16. The summed E-state index contributed by atoms with van der Waals surface area (Å²) >= 11 is 0. The van der Waals surface area contributed by atoms with E-state index in [0.29, 0.717) is 30.1 Å². The van der Waals surface area contributed by atoms with Crippen LogP contribution >= 0.6 is 9.47 Å². The molecule has 2 rings (SSSR count). The summed E-state index contributed by atoms with van der Waals surface area (Å²) in [5.41, 5.74) is 1.43. The Hall–Kier alpha value is -1.91. The standard InChI is InChI=1S/C15H17O6P/c1-18-14(17)9-19-13-4-2-3-11-10(6-8-20-22)12(5-7-16)21-15(11)13/h2-4,7H,5-6,8-9,22H2,1H3. The Morgan fingerprint density at radius 1 is 1.41 bits per heavy atom. The molecule has 0 aliphatic carbocycles. The number of carbonyl (C=O) groups excluding carboxylic acids is 2. The molecule has 0 aliphatic heterocycles. The molecule has 1 aromatic heterocycles. The van der Waals surface area contributed by atoms with Gasteiger partial charge in [0, 0.05) is 26.8 Å². The number of hydrogen-bond donors (Lipinski definition) is 0. The lowest BCUT2D eigenvalue weighted by molar-refractivity contribution is -0.142. The zero-order chi connectivity index (χ0) is 15.9. The molecule has 22 heavy (non-hydrogen) atoms. The third kappa shape index (κ3) is 3.64. The van der Waals surface area contributed by atoms with Gasteiger partial charge in [-0.2, -0.15) is 0 Å². The normalized spacial score (nSPS) is 10.6. The van der Waals surface area contributed by atoms with E-state index in [1.54, 1.807) is 12.1 Å². The van der Waals surface area contributed by atoms with Crippen LogP contribution in [0.3, 0.4) is 0 Å². The summed E-state index contributed by atoms with van der Waals surface area (Å²) in [6.45, 7) is 0.280. The van der Waals surface area contributed by atoms with Crippen molar-refractivity contribution in [1.82, 2.24) is 0 Å². The monoisotopic (exact) mass is 324 g/mol. The van der Waals surface area contributed by atoms with Gasteiger partial charge < -0.3 is 23.2 Å². The van der Waals surface area contributed by atoms with Gasteiger partial charge in [0.25, 0.3) is 0 Å². The predicted octanol–water partition coefficient (Wildman–Crippen LogP) is 2.08. The van der Waals surface area contributed by atoms with Crippen molar-refractivity contribution in [3.8, 4) is 5.75 Å². The van der Waals surface area contributed by atoms with E-state index >= 15 is 0 Å². The minimum atomic E-state index is -0.478. The highest BCUT2D eigenvalue weighted by Gasteiger charge is 2.17. The molecule has 1 heterocycles. The average molecular weight is 324 g/mol. The van der Waals surface area contributed by atoms with E-state index in [4.69, 9.17) is 13.7 Å². The fourth-order valence-corrected chi connectivity index (χ4v) is 2.30. The van der Waals surface area contributed by atoms with Crippen LogP contribution in [0.15, 0.2) is 22.6 Å². The molecule has 0 bridgehead atoms. The summed E-state index contributed by atoms with van der Waals surface area (Å²) in [6, 6.07) is 5.39. The van der Waals surface area contributed by atoms with Crippen molar-refractivity contribution in [3.05, 3.63) is 29.5 Å². The van der Waals surface area contributed by atoms with Crippen LogP contribution in [0.5, 0.6) is 5.75 Å². The molecule has 0 saturated carbocycles. The number of aldehydes is 1. The quantitative estimate of drug-likeness (QED) is 0.420. The molecular formula is C15H17O6P. The maximum absolute atomic E-state index is 11.2. The number of hydrogen-bond acceptors (Lipinski definition) is 6. The number of ether oxygens (including phenoxy) is 2. The summed E-state index contributed by atoms with van der Waals surface area (Å²) in [6.07, 6.45) is 1.58. The van der Waals surface area contributed by atoms with Crippen molar-refractivity contribution in [2.24, 2.45) is 0 Å². The third-order valence-corrected chi connectivity index (χ3v) is 3.41. The molecule has 0 fully saturated rings. The molecule has 1 unspecified atom stereocenters. The summed E-state index contributed by atoms with van der Waals surface area (Å²) in [5, 5.41) is 0.848. The number of benzene rings is 1. The third-order valence-electron chi connectivity index (χ3n) is 3.18. The number of furan rings is 1. The van der Waals surface area contributed by atoms with Gasteiger partial charge in [-0.1, -0.05) is 12.1 Å². The highest BCUT2D eigenvalue weighted by molar-refractivity contribution is 7.09. The molecule has 118 valence electrons. The molecule has 0 aliphatic rings. The fourth-order valence-electron chi connectivity index (χ4n) is 2.18. The van der Waals surface area contributed by atoms with E-state index < -0.39 is 5.97 Å². The molecule has 6 nitrogen and oxygen atoms in total. The zero-order valence-electron chi connectivity index (χ0n) is 12.2. The summed E-state index contributed by atoms with van der Waals surface area (Å²) in [5.74, 6) is 0.544. The van der Waals surface area contributed by atoms with E-state index in [2.05, 4.69) is 14.2 Å². The van der Waals surface area contributed by atoms with Crippen LogP contribution in [-0.4, -0.2) is 32.6 Å². The Morgan fingerprint density at radius 2 is 2.23 bits per heavy atom. The Kier molecular flexibility index (Phi) is 5.92. The second-order valence-electron chi connectivity index (χ2n) is 4.49. The highest BCUT2D eigenvalue weighted by atomic mass is 31.0. The molecule has 0 radical (unpaired) electrons. The number of methoxy groups -OCH3 is 1. The molecule has 0 saturated heterocycles. The first kappa shape index (κ1) is 16.5. The Bertz CT molecular complexity index is 663. The molecule has 7 heteroatoms. The fraction of sp³-hybridized carbons (Fsp3) is 0.333. The first-order valence-electron chi connectivity index (χ1n) is 6.69. The smallest absolute Gasteiger partial charge is 0.343 e. The second-order valence-corrected chi connectivity index (χ2v) is 4.83. The van der Waals surface area contributed by atoms with E-state index in [-0.39, 0.29) is 13.0 Å². The van der Waals surface area contributed by atoms with Crippen molar-refractivity contribution in [1.29, 1.82) is 0 Å². The number of esters is 1. The average Bonchev–Trinajstić information content (AvgIpc) is 2.88. The largest absolute Gasteiger partial charge is 0.478 e. The van der Waals surface area contributed by atoms with Crippen LogP contribution in [0.25, 0.3) is 11.0 Å². The number of para-hydroxylation sites is 1. The van der Waals surface area contributed by atoms with Gasteiger partial charge in [0.05, 0.1) is 20.1 Å². The number of fused-ring (bicyclic) bond motifs is 1. The van der Waals surface area contributed by atoms with Gasteiger partial charge in [0.2, 0.25) is 0 Å². The van der Waals surface area contributed by atoms with Crippen molar-refractivity contribution in [2.45, 2.75) is 12.8 Å². The first-order chi connectivity index (χ1) is 10.7. The van der Waals surface area contributed by atoms with Crippen LogP contribution in [0.1, 0.15) is 11.3 Å². The maximum atomic E-state index is 11.2. The molecule has 0 amide bonds. The van der Waals surface area contributed by atoms with E-state index in [0.717, 1.165) is 17.2 Å². The van der Waals surface area contributed by atoms with Crippen LogP contribution in [0, 0.1) is 0 Å². The van der Waals surface area contributed by atoms with E-state index in [9.17, 15) is 9.59 Å². The lowest BCUT2D eigenvalue weighted by Crippen LogP contribution is -2.12. The topological polar surface area (TPSA) is 75.0 Å². The second kappa shape index (κ2) is 7.92. The molecule has 2 aromatic rings. The summed E-state index contributed by atoms with van der Waals surface area (Å²) < 4.78 is 20.8. The Morgan fingerprint density at radius 3 is 2.91 bits per heavy atom. The minimum absolute atomic E-state index is 0.178. The van der Waals surface area contributed by atoms with Gasteiger partial charge in [-0.15, -0.1) is 0 Å². The molecule has 0 N–H and O–H groups in total. The number of carbonyl (C=O) groups is 2. The SMILES string of the molecule is COC(=O)COc1cccc2c(CCOP)c(CC=O)oc12. The molecule has 0 spiro atoms. The van der Waals surface area contributed by atoms with E-state index in [1.165, 1.54) is 7.11 Å². The molecule has 1 aromatic carbocycles. The highest BCUT2D eigenvalue weighted by Crippen LogP contribution is 2.33. The van der Waals surface area contributed by atoms with Crippen LogP contribution < -0.4 is 4.74 Å². The lowest BCUT2D eigenvalue weighted by atomic mass is 10.1. The van der Waals surface area contributed by atoms with Crippen molar-refractivity contribution < 1.29 is 28.0 Å². The lowest BCUT2D eigenvalue weighted by Gasteiger charge is -2.05. The molecular weight excluding hydrogens is 307 g/mol. The Labute approximate surface area is 130 Å². The van der Waals surface area contributed by atoms with Gasteiger partial charge >= 0.3 is 5.97 Å². The zero-order valence-corrected chi connectivity index (χ0v) is 13.3. The van der Waals surface area contributed by atoms with Crippen LogP contribution in [0.2, 0.25) is 0 Å². The van der Waals surface area contributed by atoms with Crippen molar-refractivity contribution in [3.63, 3.8) is 0 Å².